The predicted molar refractivity (Wildman–Crippen MR) is 105 cm³/mol. The number of nitrogens with zero attached hydrogens (tertiary/aromatic N) is 1. The summed E-state index contributed by atoms with van der Waals surface area (Å²) < 4.78 is 33.4. The fourth-order valence-electron chi connectivity index (χ4n) is 3.39. The van der Waals surface area contributed by atoms with E-state index in [1.165, 1.54) is 6.92 Å². The van der Waals surface area contributed by atoms with Crippen molar-refractivity contribution >= 4 is 33.1 Å². The zero-order valence-electron chi connectivity index (χ0n) is 15.9. The van der Waals surface area contributed by atoms with Crippen molar-refractivity contribution in [3.8, 4) is 0 Å². The minimum absolute atomic E-state index is 0.0121. The molecule has 2 fully saturated rings. The van der Waals surface area contributed by atoms with Gasteiger partial charge in [-0.15, -0.1) is 0 Å². The zero-order valence-corrected chi connectivity index (χ0v) is 16.7. The first-order chi connectivity index (χ1) is 13.3. The molecule has 2 aliphatic rings. The van der Waals surface area contributed by atoms with Crippen LogP contribution in [0, 0.1) is 5.92 Å². The summed E-state index contributed by atoms with van der Waals surface area (Å²) >= 11 is 0. The van der Waals surface area contributed by atoms with Gasteiger partial charge in [0.1, 0.15) is 0 Å². The number of carbonyl (C=O) groups is 2. The van der Waals surface area contributed by atoms with Crippen molar-refractivity contribution in [3.63, 3.8) is 0 Å². The Labute approximate surface area is 165 Å². The Kier molecular flexibility index (Phi) is 6.56. The fourth-order valence-corrected chi connectivity index (χ4v) is 5.25. The first-order valence-corrected chi connectivity index (χ1v) is 11.3. The van der Waals surface area contributed by atoms with Crippen LogP contribution < -0.4 is 10.2 Å². The standard InChI is InChI=1S/C19H26N2O6S/c1-14(27-18(22)12-15-6-11-28(24,25)13-15)19(23)20-16-2-4-17(5-3-16)21-7-9-26-10-8-21/h2-5,14-15H,6-13H2,1H3,(H,20,23)/t14-,15+/m0/s1. The molecule has 0 saturated carbocycles. The van der Waals surface area contributed by atoms with Crippen LogP contribution in [-0.2, 0) is 28.9 Å². The van der Waals surface area contributed by atoms with Gasteiger partial charge >= 0.3 is 5.97 Å². The lowest BCUT2D eigenvalue weighted by Gasteiger charge is -2.28. The highest BCUT2D eigenvalue weighted by Crippen LogP contribution is 2.22. The highest BCUT2D eigenvalue weighted by Gasteiger charge is 2.30. The van der Waals surface area contributed by atoms with Crippen LogP contribution in [0.1, 0.15) is 19.8 Å². The second kappa shape index (κ2) is 8.91. The average Bonchev–Trinajstić information content (AvgIpc) is 3.01. The number of sulfone groups is 1. The summed E-state index contributed by atoms with van der Waals surface area (Å²) in [5.41, 5.74) is 1.68. The van der Waals surface area contributed by atoms with Crippen LogP contribution in [0.5, 0.6) is 0 Å². The molecule has 1 amide bonds. The maximum atomic E-state index is 12.3. The van der Waals surface area contributed by atoms with Crippen molar-refractivity contribution in [1.82, 2.24) is 0 Å². The fraction of sp³-hybridized carbons (Fsp3) is 0.579. The molecule has 2 heterocycles. The van der Waals surface area contributed by atoms with Gasteiger partial charge in [-0.3, -0.25) is 9.59 Å². The van der Waals surface area contributed by atoms with Gasteiger partial charge in [-0.05, 0) is 43.5 Å². The molecule has 0 unspecified atom stereocenters. The number of esters is 1. The molecule has 2 saturated heterocycles. The van der Waals surface area contributed by atoms with Crippen LogP contribution in [0.4, 0.5) is 11.4 Å². The second-order valence-electron chi connectivity index (χ2n) is 7.24. The van der Waals surface area contributed by atoms with Crippen LogP contribution in [0.2, 0.25) is 0 Å². The van der Waals surface area contributed by atoms with E-state index in [4.69, 9.17) is 9.47 Å². The number of rotatable bonds is 6. The predicted octanol–water partition coefficient (Wildman–Crippen LogP) is 1.22. The van der Waals surface area contributed by atoms with Crippen molar-refractivity contribution in [1.29, 1.82) is 0 Å². The molecule has 2 aliphatic heterocycles. The number of benzene rings is 1. The molecule has 0 aliphatic carbocycles. The maximum absolute atomic E-state index is 12.3. The molecule has 0 spiro atoms. The van der Waals surface area contributed by atoms with E-state index in [2.05, 4.69) is 10.2 Å². The second-order valence-corrected chi connectivity index (χ2v) is 9.47. The Morgan fingerprint density at radius 3 is 2.54 bits per heavy atom. The van der Waals surface area contributed by atoms with E-state index in [1.807, 2.05) is 12.1 Å². The molecule has 9 heteroatoms. The van der Waals surface area contributed by atoms with Gasteiger partial charge < -0.3 is 19.7 Å². The Morgan fingerprint density at radius 2 is 1.93 bits per heavy atom. The molecule has 28 heavy (non-hydrogen) atoms. The monoisotopic (exact) mass is 410 g/mol. The number of carbonyl (C=O) groups excluding carboxylic acids is 2. The third kappa shape index (κ3) is 5.68. The molecule has 8 nitrogen and oxygen atoms in total. The minimum atomic E-state index is -3.04. The Morgan fingerprint density at radius 1 is 1.25 bits per heavy atom. The molecule has 1 aromatic rings. The smallest absolute Gasteiger partial charge is 0.306 e. The number of anilines is 2. The van der Waals surface area contributed by atoms with Crippen LogP contribution >= 0.6 is 0 Å². The lowest BCUT2D eigenvalue weighted by atomic mass is 10.1. The van der Waals surface area contributed by atoms with Crippen LogP contribution in [0.25, 0.3) is 0 Å². The van der Waals surface area contributed by atoms with Crippen molar-refractivity contribution in [2.24, 2.45) is 5.92 Å². The average molecular weight is 410 g/mol. The van der Waals surface area contributed by atoms with Crippen molar-refractivity contribution in [3.05, 3.63) is 24.3 Å². The van der Waals surface area contributed by atoms with E-state index in [1.54, 1.807) is 12.1 Å². The largest absolute Gasteiger partial charge is 0.453 e. The SMILES string of the molecule is C[C@H](OC(=O)C[C@H]1CCS(=O)(=O)C1)C(=O)Nc1ccc(N2CCOCC2)cc1. The van der Waals surface area contributed by atoms with Crippen LogP contribution in [-0.4, -0.2) is 64.2 Å². The highest BCUT2D eigenvalue weighted by molar-refractivity contribution is 7.91. The van der Waals surface area contributed by atoms with Gasteiger partial charge in [-0.2, -0.15) is 0 Å². The number of hydrogen-bond acceptors (Lipinski definition) is 7. The molecule has 0 bridgehead atoms. The summed E-state index contributed by atoms with van der Waals surface area (Å²) in [4.78, 5) is 26.5. The zero-order chi connectivity index (χ0) is 20.1. The molecule has 0 radical (unpaired) electrons. The summed E-state index contributed by atoms with van der Waals surface area (Å²) in [5, 5.41) is 2.73. The van der Waals surface area contributed by atoms with Gasteiger partial charge in [0.2, 0.25) is 0 Å². The summed E-state index contributed by atoms with van der Waals surface area (Å²) in [7, 11) is -3.04. The third-order valence-electron chi connectivity index (χ3n) is 4.97. The Balaban J connectivity index is 1.46. The number of nitrogens with one attached hydrogen (secondary N) is 1. The van der Waals surface area contributed by atoms with Crippen LogP contribution in [0.3, 0.4) is 0 Å². The van der Waals surface area contributed by atoms with Crippen LogP contribution in [0.15, 0.2) is 24.3 Å². The van der Waals surface area contributed by atoms with Gasteiger partial charge in [0, 0.05) is 30.9 Å². The quantitative estimate of drug-likeness (QED) is 0.704. The molecule has 0 aromatic heterocycles. The molecule has 1 N–H and O–H groups in total. The van der Waals surface area contributed by atoms with Gasteiger partial charge in [0.15, 0.2) is 15.9 Å². The molecule has 3 rings (SSSR count). The van der Waals surface area contributed by atoms with E-state index in [0.29, 0.717) is 25.3 Å². The Hall–Kier alpha value is -2.13. The number of amides is 1. The summed E-state index contributed by atoms with van der Waals surface area (Å²) in [6, 6.07) is 7.47. The maximum Gasteiger partial charge on any atom is 0.306 e. The van der Waals surface area contributed by atoms with Crippen molar-refractivity contribution in [2.45, 2.75) is 25.9 Å². The first-order valence-electron chi connectivity index (χ1n) is 9.46. The van der Waals surface area contributed by atoms with E-state index in [9.17, 15) is 18.0 Å². The van der Waals surface area contributed by atoms with Gasteiger partial charge in [-0.1, -0.05) is 0 Å². The lowest BCUT2D eigenvalue weighted by molar-refractivity contribution is -0.153. The summed E-state index contributed by atoms with van der Waals surface area (Å²) in [6.45, 7) is 4.57. The van der Waals surface area contributed by atoms with E-state index in [-0.39, 0.29) is 23.8 Å². The number of morpholine rings is 1. The van der Waals surface area contributed by atoms with Gasteiger partial charge in [0.05, 0.1) is 24.7 Å². The number of hydrogen-bond donors (Lipinski definition) is 1. The molecule has 154 valence electrons. The molecular weight excluding hydrogens is 384 g/mol. The normalized spacial score (nSPS) is 22.5. The highest BCUT2D eigenvalue weighted by atomic mass is 32.2. The van der Waals surface area contributed by atoms with Gasteiger partial charge in [0.25, 0.3) is 5.91 Å². The summed E-state index contributed by atoms with van der Waals surface area (Å²) in [5.74, 6) is -1.07. The summed E-state index contributed by atoms with van der Waals surface area (Å²) in [6.07, 6.45) is -0.470. The molecular formula is C19H26N2O6S. The van der Waals surface area contributed by atoms with E-state index < -0.39 is 27.8 Å². The van der Waals surface area contributed by atoms with Crippen molar-refractivity contribution in [2.75, 3.05) is 48.0 Å². The first kappa shape index (κ1) is 20.6. The van der Waals surface area contributed by atoms with Crippen molar-refractivity contribution < 1.29 is 27.5 Å². The lowest BCUT2D eigenvalue weighted by Crippen LogP contribution is -2.36. The third-order valence-corrected chi connectivity index (χ3v) is 6.81. The van der Waals surface area contributed by atoms with Gasteiger partial charge in [-0.25, -0.2) is 8.42 Å². The number of ether oxygens (including phenoxy) is 2. The van der Waals surface area contributed by atoms with E-state index in [0.717, 1.165) is 18.8 Å². The Bertz CT molecular complexity index is 802. The van der Waals surface area contributed by atoms with E-state index >= 15 is 0 Å². The minimum Gasteiger partial charge on any atom is -0.453 e. The molecule has 2 atom stereocenters. The molecule has 1 aromatic carbocycles. The topological polar surface area (TPSA) is 102 Å².